The fourth-order valence-corrected chi connectivity index (χ4v) is 2.73. The number of rotatable bonds is 6. The number of methoxy groups -OCH3 is 1. The zero-order valence-electron chi connectivity index (χ0n) is 13.7. The minimum absolute atomic E-state index is 0.0124. The van der Waals surface area contributed by atoms with Gasteiger partial charge in [0.2, 0.25) is 11.8 Å². The van der Waals surface area contributed by atoms with E-state index in [4.69, 9.17) is 11.6 Å². The predicted molar refractivity (Wildman–Crippen MR) is 87.1 cm³/mol. The number of halogens is 1. The Bertz CT molecular complexity index is 620. The summed E-state index contributed by atoms with van der Waals surface area (Å²) >= 11 is 5.76. The third kappa shape index (κ3) is 4.67. The molecule has 0 saturated carbocycles. The maximum Gasteiger partial charge on any atom is 0.325 e. The summed E-state index contributed by atoms with van der Waals surface area (Å²) in [7, 11) is 2.82. The van der Waals surface area contributed by atoms with Gasteiger partial charge in [-0.25, -0.2) is 4.98 Å². The van der Waals surface area contributed by atoms with Gasteiger partial charge in [0.15, 0.2) is 0 Å². The smallest absolute Gasteiger partial charge is 0.325 e. The monoisotopic (exact) mass is 353 g/mol. The number of ether oxygens (including phenoxy) is 1. The van der Waals surface area contributed by atoms with Gasteiger partial charge in [-0.2, -0.15) is 0 Å². The van der Waals surface area contributed by atoms with Crippen LogP contribution in [-0.4, -0.2) is 59.3 Å². The number of likely N-dealkylation sites (N-methyl/N-ethyl adjacent to an activating group) is 1. The van der Waals surface area contributed by atoms with Crippen molar-refractivity contribution in [2.45, 2.75) is 31.8 Å². The molecule has 1 aliphatic heterocycles. The lowest BCUT2D eigenvalue weighted by Crippen LogP contribution is -2.39. The van der Waals surface area contributed by atoms with E-state index in [0.717, 1.165) is 5.56 Å². The highest BCUT2D eigenvalue weighted by Crippen LogP contribution is 2.24. The molecule has 1 aromatic rings. The Hall–Kier alpha value is -2.15. The van der Waals surface area contributed by atoms with Crippen molar-refractivity contribution in [2.24, 2.45) is 0 Å². The van der Waals surface area contributed by atoms with Crippen LogP contribution in [0.15, 0.2) is 18.3 Å². The summed E-state index contributed by atoms with van der Waals surface area (Å²) in [6.45, 7) is 0.290. The molecule has 1 saturated heterocycles. The summed E-state index contributed by atoms with van der Waals surface area (Å²) in [5.74, 6) is -0.657. The highest BCUT2D eigenvalue weighted by molar-refractivity contribution is 6.29. The van der Waals surface area contributed by atoms with Crippen molar-refractivity contribution in [3.05, 3.63) is 29.0 Å². The summed E-state index contributed by atoms with van der Waals surface area (Å²) in [5.41, 5.74) is 0.856. The normalized spacial score (nSPS) is 17.0. The van der Waals surface area contributed by atoms with Crippen molar-refractivity contribution in [1.82, 2.24) is 14.8 Å². The maximum atomic E-state index is 12.3. The minimum Gasteiger partial charge on any atom is -0.468 e. The van der Waals surface area contributed by atoms with E-state index in [9.17, 15) is 14.4 Å². The zero-order chi connectivity index (χ0) is 17.7. The lowest BCUT2D eigenvalue weighted by Gasteiger charge is -2.26. The van der Waals surface area contributed by atoms with E-state index in [-0.39, 0.29) is 30.8 Å². The number of amides is 2. The van der Waals surface area contributed by atoms with E-state index >= 15 is 0 Å². The van der Waals surface area contributed by atoms with Crippen LogP contribution in [0.5, 0.6) is 0 Å². The SMILES string of the molecule is COC(=O)CN(C)C(=O)CC1CCC(=O)N1Cc1ccc(Cl)nc1. The molecule has 1 aliphatic rings. The van der Waals surface area contributed by atoms with Crippen LogP contribution in [0.1, 0.15) is 24.8 Å². The van der Waals surface area contributed by atoms with Crippen LogP contribution in [0.25, 0.3) is 0 Å². The molecular formula is C16H20ClN3O4. The fourth-order valence-electron chi connectivity index (χ4n) is 2.62. The molecule has 0 bridgehead atoms. The van der Waals surface area contributed by atoms with Crippen LogP contribution in [-0.2, 0) is 25.7 Å². The number of esters is 1. The largest absolute Gasteiger partial charge is 0.468 e. The summed E-state index contributed by atoms with van der Waals surface area (Å²) in [6, 6.07) is 3.30. The Morgan fingerprint density at radius 2 is 2.21 bits per heavy atom. The number of aromatic nitrogens is 1. The molecule has 0 radical (unpaired) electrons. The third-order valence-corrected chi connectivity index (χ3v) is 4.25. The molecule has 1 aromatic heterocycles. The number of nitrogens with zero attached hydrogens (tertiary/aromatic N) is 3. The molecule has 1 atom stereocenters. The summed E-state index contributed by atoms with van der Waals surface area (Å²) in [6.07, 6.45) is 2.84. The van der Waals surface area contributed by atoms with Crippen LogP contribution >= 0.6 is 11.6 Å². The summed E-state index contributed by atoms with van der Waals surface area (Å²) < 4.78 is 4.55. The molecule has 7 nitrogen and oxygen atoms in total. The van der Waals surface area contributed by atoms with Gasteiger partial charge in [-0.1, -0.05) is 17.7 Å². The molecule has 2 heterocycles. The summed E-state index contributed by atoms with van der Waals surface area (Å²) in [5, 5.41) is 0.391. The Kier molecular flexibility index (Phi) is 6.14. The second-order valence-corrected chi connectivity index (χ2v) is 6.12. The average Bonchev–Trinajstić information content (AvgIpc) is 2.89. The Morgan fingerprint density at radius 3 is 2.83 bits per heavy atom. The fraction of sp³-hybridized carbons (Fsp3) is 0.500. The van der Waals surface area contributed by atoms with E-state index in [1.807, 2.05) is 6.07 Å². The maximum absolute atomic E-state index is 12.3. The first kappa shape index (κ1) is 18.2. The number of carbonyl (C=O) groups excluding carboxylic acids is 3. The third-order valence-electron chi connectivity index (χ3n) is 4.02. The molecule has 0 aromatic carbocycles. The molecule has 1 fully saturated rings. The number of hydrogen-bond acceptors (Lipinski definition) is 5. The van der Waals surface area contributed by atoms with Gasteiger partial charge in [-0.05, 0) is 18.1 Å². The number of likely N-dealkylation sites (tertiary alicyclic amines) is 1. The van der Waals surface area contributed by atoms with E-state index in [0.29, 0.717) is 24.5 Å². The van der Waals surface area contributed by atoms with Crippen molar-refractivity contribution >= 4 is 29.4 Å². The first-order valence-electron chi connectivity index (χ1n) is 7.61. The van der Waals surface area contributed by atoms with Gasteiger partial charge in [0.25, 0.3) is 0 Å². The van der Waals surface area contributed by atoms with E-state index in [2.05, 4.69) is 9.72 Å². The van der Waals surface area contributed by atoms with Crippen molar-refractivity contribution in [3.8, 4) is 0 Å². The highest BCUT2D eigenvalue weighted by Gasteiger charge is 2.33. The minimum atomic E-state index is -0.475. The van der Waals surface area contributed by atoms with Gasteiger partial charge < -0.3 is 14.5 Å². The quantitative estimate of drug-likeness (QED) is 0.568. The number of pyridine rings is 1. The van der Waals surface area contributed by atoms with Crippen molar-refractivity contribution in [3.63, 3.8) is 0 Å². The van der Waals surface area contributed by atoms with Crippen LogP contribution in [0, 0.1) is 0 Å². The van der Waals surface area contributed by atoms with Crippen molar-refractivity contribution in [2.75, 3.05) is 20.7 Å². The molecule has 2 rings (SSSR count). The van der Waals surface area contributed by atoms with Crippen molar-refractivity contribution in [1.29, 1.82) is 0 Å². The molecule has 0 spiro atoms. The first-order valence-corrected chi connectivity index (χ1v) is 7.99. The van der Waals surface area contributed by atoms with Crippen LogP contribution in [0.4, 0.5) is 0 Å². The van der Waals surface area contributed by atoms with Crippen LogP contribution in [0.2, 0.25) is 5.15 Å². The molecule has 0 aliphatic carbocycles. The topological polar surface area (TPSA) is 79.8 Å². The Balaban J connectivity index is 1.98. The second-order valence-electron chi connectivity index (χ2n) is 5.73. The number of carbonyl (C=O) groups is 3. The van der Waals surface area contributed by atoms with Crippen LogP contribution < -0.4 is 0 Å². The van der Waals surface area contributed by atoms with Gasteiger partial charge >= 0.3 is 5.97 Å². The highest BCUT2D eigenvalue weighted by atomic mass is 35.5. The Morgan fingerprint density at radius 1 is 1.46 bits per heavy atom. The van der Waals surface area contributed by atoms with Crippen molar-refractivity contribution < 1.29 is 19.1 Å². The molecule has 130 valence electrons. The molecule has 24 heavy (non-hydrogen) atoms. The Labute approximate surface area is 145 Å². The standard InChI is InChI=1S/C16H20ClN3O4/c1-19(10-16(23)24-2)15(22)7-12-4-6-14(21)20(12)9-11-3-5-13(17)18-8-11/h3,5,8,12H,4,6-7,9-10H2,1-2H3. The lowest BCUT2D eigenvalue weighted by atomic mass is 10.1. The molecule has 8 heteroatoms. The average molecular weight is 354 g/mol. The molecule has 2 amide bonds. The second kappa shape index (κ2) is 8.10. The van der Waals surface area contributed by atoms with E-state index in [1.54, 1.807) is 24.2 Å². The summed E-state index contributed by atoms with van der Waals surface area (Å²) in [4.78, 5) is 42.6. The number of hydrogen-bond donors (Lipinski definition) is 0. The predicted octanol–water partition coefficient (Wildman–Crippen LogP) is 1.25. The molecular weight excluding hydrogens is 334 g/mol. The van der Waals surface area contributed by atoms with Gasteiger partial charge in [-0.3, -0.25) is 14.4 Å². The van der Waals surface area contributed by atoms with Crippen LogP contribution in [0.3, 0.4) is 0 Å². The molecule has 0 N–H and O–H groups in total. The van der Waals surface area contributed by atoms with E-state index < -0.39 is 5.97 Å². The zero-order valence-corrected chi connectivity index (χ0v) is 14.5. The molecule has 1 unspecified atom stereocenters. The first-order chi connectivity index (χ1) is 11.4. The van der Waals surface area contributed by atoms with Gasteiger partial charge in [0.1, 0.15) is 11.7 Å². The lowest BCUT2D eigenvalue weighted by molar-refractivity contribution is -0.146. The van der Waals surface area contributed by atoms with Gasteiger partial charge in [0, 0.05) is 38.7 Å². The van der Waals surface area contributed by atoms with Gasteiger partial charge in [-0.15, -0.1) is 0 Å². The van der Waals surface area contributed by atoms with Gasteiger partial charge in [0.05, 0.1) is 7.11 Å². The van der Waals surface area contributed by atoms with E-state index in [1.165, 1.54) is 12.0 Å².